The summed E-state index contributed by atoms with van der Waals surface area (Å²) >= 11 is 0. The van der Waals surface area contributed by atoms with Gasteiger partial charge in [0, 0.05) is 12.6 Å². The molecule has 1 rings (SSSR count). The van der Waals surface area contributed by atoms with Crippen molar-refractivity contribution in [2.24, 2.45) is 0 Å². The van der Waals surface area contributed by atoms with Crippen LogP contribution in [0.25, 0.3) is 0 Å². The molecule has 0 radical (unpaired) electrons. The second-order valence-corrected chi connectivity index (χ2v) is 4.16. The Labute approximate surface area is 108 Å². The third kappa shape index (κ3) is 5.08. The maximum Gasteiger partial charge on any atom is 0.416 e. The van der Waals surface area contributed by atoms with Gasteiger partial charge in [0.05, 0.1) is 5.56 Å². The van der Waals surface area contributed by atoms with E-state index < -0.39 is 11.7 Å². The first-order valence-electron chi connectivity index (χ1n) is 6.17. The van der Waals surface area contributed by atoms with Crippen molar-refractivity contribution in [1.82, 2.24) is 4.90 Å². The number of benzene rings is 1. The third-order valence-corrected chi connectivity index (χ3v) is 2.62. The highest BCUT2D eigenvalue weighted by molar-refractivity contribution is 5.29. The molecule has 0 saturated carbocycles. The molecule has 0 aliphatic rings. The van der Waals surface area contributed by atoms with Crippen LogP contribution in [0, 0.1) is 0 Å². The normalized spacial score (nSPS) is 11.4. The summed E-state index contributed by atoms with van der Waals surface area (Å²) in [6.45, 7) is 8.22. The average molecular weight is 261 g/mol. The van der Waals surface area contributed by atoms with Crippen molar-refractivity contribution >= 4 is 0 Å². The van der Waals surface area contributed by atoms with E-state index in [1.54, 1.807) is 6.07 Å². The van der Waals surface area contributed by atoms with Gasteiger partial charge in [-0.25, -0.2) is 0 Å². The summed E-state index contributed by atoms with van der Waals surface area (Å²) in [6.07, 6.45) is -4.27. The first-order chi connectivity index (χ1) is 8.32. The summed E-state index contributed by atoms with van der Waals surface area (Å²) in [6, 6.07) is 5.94. The van der Waals surface area contributed by atoms with Crippen molar-refractivity contribution in [2.45, 2.75) is 46.5 Å². The molecule has 1 nitrogen and oxygen atoms in total. The summed E-state index contributed by atoms with van der Waals surface area (Å²) < 4.78 is 38.0. The number of halogens is 3. The van der Waals surface area contributed by atoms with Gasteiger partial charge in [-0.3, -0.25) is 4.90 Å². The van der Waals surface area contributed by atoms with Crippen molar-refractivity contribution in [3.63, 3.8) is 0 Å². The third-order valence-electron chi connectivity index (χ3n) is 2.62. The van der Waals surface area contributed by atoms with Crippen LogP contribution in [0.3, 0.4) is 0 Å². The van der Waals surface area contributed by atoms with E-state index in [0.29, 0.717) is 12.1 Å². The lowest BCUT2D eigenvalue weighted by molar-refractivity contribution is -0.138. The quantitative estimate of drug-likeness (QED) is 0.770. The van der Waals surface area contributed by atoms with Crippen molar-refractivity contribution in [1.29, 1.82) is 0 Å². The number of alkyl halides is 3. The van der Waals surface area contributed by atoms with E-state index in [4.69, 9.17) is 0 Å². The van der Waals surface area contributed by atoms with E-state index in [2.05, 4.69) is 0 Å². The Balaban J connectivity index is 0.00000137. The smallest absolute Gasteiger partial charge is 0.300 e. The zero-order valence-corrected chi connectivity index (χ0v) is 11.7. The second-order valence-electron chi connectivity index (χ2n) is 4.16. The van der Waals surface area contributed by atoms with Gasteiger partial charge in [0.2, 0.25) is 0 Å². The molecule has 0 unspecified atom stereocenters. The van der Waals surface area contributed by atoms with E-state index >= 15 is 0 Å². The maximum absolute atomic E-state index is 12.7. The highest BCUT2D eigenvalue weighted by atomic mass is 19.4. The first-order valence-corrected chi connectivity index (χ1v) is 6.17. The fourth-order valence-electron chi connectivity index (χ4n) is 1.39. The Hall–Kier alpha value is -1.03. The monoisotopic (exact) mass is 261 g/mol. The van der Waals surface area contributed by atoms with Crippen LogP contribution in [0.5, 0.6) is 0 Å². The Morgan fingerprint density at radius 1 is 1.11 bits per heavy atom. The number of rotatable bonds is 3. The lowest BCUT2D eigenvalue weighted by Gasteiger charge is -2.23. The largest absolute Gasteiger partial charge is 0.416 e. The molecular weight excluding hydrogens is 239 g/mol. The second kappa shape index (κ2) is 7.41. The summed E-state index contributed by atoms with van der Waals surface area (Å²) in [5, 5.41) is 0. The summed E-state index contributed by atoms with van der Waals surface area (Å²) in [5.41, 5.74) is -0.214. The van der Waals surface area contributed by atoms with E-state index in [-0.39, 0.29) is 6.04 Å². The van der Waals surface area contributed by atoms with Gasteiger partial charge in [-0.15, -0.1) is 0 Å². The number of hydrogen-bond acceptors (Lipinski definition) is 1. The zero-order chi connectivity index (χ0) is 14.3. The van der Waals surface area contributed by atoms with Gasteiger partial charge in [-0.05, 0) is 32.5 Å². The van der Waals surface area contributed by atoms with E-state index in [0.717, 1.165) is 6.07 Å². The molecule has 0 heterocycles. The van der Waals surface area contributed by atoms with Gasteiger partial charge in [-0.1, -0.05) is 32.0 Å². The summed E-state index contributed by atoms with van der Waals surface area (Å²) in [5.74, 6) is 0. The Morgan fingerprint density at radius 3 is 2.06 bits per heavy atom. The standard InChI is InChI=1S/C12H16F3N.C2H6/c1-9(2)16(3)8-10-6-4-5-7-11(10)12(13,14)15;1-2/h4-7,9H,8H2,1-3H3;1-2H3. The molecule has 0 aliphatic heterocycles. The van der Waals surface area contributed by atoms with Crippen molar-refractivity contribution < 1.29 is 13.2 Å². The van der Waals surface area contributed by atoms with Gasteiger partial charge in [0.15, 0.2) is 0 Å². The van der Waals surface area contributed by atoms with E-state index in [9.17, 15) is 13.2 Å². The van der Waals surface area contributed by atoms with Crippen LogP contribution in [0.1, 0.15) is 38.8 Å². The molecule has 0 aliphatic carbocycles. The Bertz CT molecular complexity index is 345. The SMILES string of the molecule is CC.CC(C)N(C)Cc1ccccc1C(F)(F)F. The lowest BCUT2D eigenvalue weighted by Crippen LogP contribution is -2.26. The average Bonchev–Trinajstić information content (AvgIpc) is 2.30. The van der Waals surface area contributed by atoms with Crippen LogP contribution in [0.2, 0.25) is 0 Å². The molecule has 104 valence electrons. The van der Waals surface area contributed by atoms with Crippen LogP contribution in [-0.4, -0.2) is 18.0 Å². The van der Waals surface area contributed by atoms with E-state index in [1.165, 1.54) is 12.1 Å². The Morgan fingerprint density at radius 2 is 1.61 bits per heavy atom. The number of hydrogen-bond donors (Lipinski definition) is 0. The molecule has 4 heteroatoms. The van der Waals surface area contributed by atoms with Crippen molar-refractivity contribution in [3.8, 4) is 0 Å². The van der Waals surface area contributed by atoms with E-state index in [1.807, 2.05) is 39.6 Å². The van der Waals surface area contributed by atoms with Crippen LogP contribution in [-0.2, 0) is 12.7 Å². The molecule has 1 aromatic carbocycles. The van der Waals surface area contributed by atoms with Crippen LogP contribution < -0.4 is 0 Å². The zero-order valence-electron chi connectivity index (χ0n) is 11.7. The molecule has 0 spiro atoms. The van der Waals surface area contributed by atoms with Gasteiger partial charge >= 0.3 is 6.18 Å². The molecule has 0 fully saturated rings. The molecule has 0 bridgehead atoms. The van der Waals surface area contributed by atoms with Gasteiger partial charge in [0.25, 0.3) is 0 Å². The van der Waals surface area contributed by atoms with Gasteiger partial charge in [-0.2, -0.15) is 13.2 Å². The summed E-state index contributed by atoms with van der Waals surface area (Å²) in [7, 11) is 1.82. The number of nitrogens with zero attached hydrogens (tertiary/aromatic N) is 1. The van der Waals surface area contributed by atoms with Crippen molar-refractivity contribution in [2.75, 3.05) is 7.05 Å². The molecule has 0 amide bonds. The minimum atomic E-state index is -4.27. The molecule has 1 aromatic rings. The molecular formula is C14H22F3N. The minimum absolute atomic E-state index is 0.223. The minimum Gasteiger partial charge on any atom is -0.300 e. The molecule has 0 saturated heterocycles. The predicted octanol–water partition coefficient (Wildman–Crippen LogP) is 4.57. The molecule has 0 atom stereocenters. The van der Waals surface area contributed by atoms with Gasteiger partial charge in [0.1, 0.15) is 0 Å². The summed E-state index contributed by atoms with van der Waals surface area (Å²) in [4.78, 5) is 1.88. The highest BCUT2D eigenvalue weighted by Crippen LogP contribution is 2.32. The highest BCUT2D eigenvalue weighted by Gasteiger charge is 2.33. The first kappa shape index (κ1) is 17.0. The topological polar surface area (TPSA) is 3.24 Å². The van der Waals surface area contributed by atoms with Crippen LogP contribution in [0.15, 0.2) is 24.3 Å². The Kier molecular flexibility index (Phi) is 6.99. The molecule has 0 N–H and O–H groups in total. The fraction of sp³-hybridized carbons (Fsp3) is 0.571. The molecule has 0 aromatic heterocycles. The lowest BCUT2D eigenvalue weighted by atomic mass is 10.1. The maximum atomic E-state index is 12.7. The molecule has 18 heavy (non-hydrogen) atoms. The van der Waals surface area contributed by atoms with Crippen molar-refractivity contribution in [3.05, 3.63) is 35.4 Å². The predicted molar refractivity (Wildman–Crippen MR) is 69.4 cm³/mol. The fourth-order valence-corrected chi connectivity index (χ4v) is 1.39. The van der Waals surface area contributed by atoms with Crippen LogP contribution in [0.4, 0.5) is 13.2 Å². The van der Waals surface area contributed by atoms with Crippen LogP contribution >= 0.6 is 0 Å². The van der Waals surface area contributed by atoms with Gasteiger partial charge < -0.3 is 0 Å².